The fourth-order valence-corrected chi connectivity index (χ4v) is 2.39. The lowest BCUT2D eigenvalue weighted by atomic mass is 10.0. The average Bonchev–Trinajstić information content (AvgIpc) is 2.42. The number of hydrogen-bond donors (Lipinski definition) is 0. The van der Waals surface area contributed by atoms with Gasteiger partial charge in [-0.05, 0) is 37.0 Å². The molecule has 0 unspecified atom stereocenters. The molecule has 19 heavy (non-hydrogen) atoms. The van der Waals surface area contributed by atoms with Crippen LogP contribution in [0.1, 0.15) is 34.3 Å². The van der Waals surface area contributed by atoms with Crippen molar-refractivity contribution >= 4 is 17.4 Å². The Balaban J connectivity index is 1.88. The van der Waals surface area contributed by atoms with E-state index in [-0.39, 0.29) is 5.78 Å². The molecule has 0 aliphatic carbocycles. The van der Waals surface area contributed by atoms with Gasteiger partial charge in [0, 0.05) is 17.0 Å². The molecule has 0 saturated carbocycles. The summed E-state index contributed by atoms with van der Waals surface area (Å²) in [5, 5.41) is 0.798. The Morgan fingerprint density at radius 1 is 1.11 bits per heavy atom. The summed E-state index contributed by atoms with van der Waals surface area (Å²) in [6.45, 7) is 2.02. The molecule has 0 aliphatic rings. The van der Waals surface area contributed by atoms with Gasteiger partial charge in [-0.15, -0.1) is 0 Å². The van der Waals surface area contributed by atoms with E-state index in [1.807, 2.05) is 49.4 Å². The van der Waals surface area contributed by atoms with Crippen LogP contribution in [0.3, 0.4) is 0 Å². The minimum Gasteiger partial charge on any atom is -0.294 e. The van der Waals surface area contributed by atoms with Crippen LogP contribution in [0.4, 0.5) is 0 Å². The topological polar surface area (TPSA) is 17.1 Å². The molecule has 0 bridgehead atoms. The Kier molecular flexibility index (Phi) is 4.75. The lowest BCUT2D eigenvalue weighted by Gasteiger charge is -2.05. The molecule has 0 radical (unpaired) electrons. The molecule has 0 saturated heterocycles. The summed E-state index contributed by atoms with van der Waals surface area (Å²) in [4.78, 5) is 11.9. The first-order valence-electron chi connectivity index (χ1n) is 6.50. The zero-order valence-electron chi connectivity index (χ0n) is 11.0. The minimum atomic E-state index is 0.198. The summed E-state index contributed by atoms with van der Waals surface area (Å²) in [6, 6.07) is 15.5. The van der Waals surface area contributed by atoms with E-state index >= 15 is 0 Å². The number of carbonyl (C=O) groups excluding carboxylic acids is 1. The predicted octanol–water partition coefficient (Wildman–Crippen LogP) is 4.85. The SMILES string of the molecule is Cc1ccc(CCCC(=O)c2ccccc2)c(Cl)c1. The van der Waals surface area contributed by atoms with Crippen molar-refractivity contribution in [3.63, 3.8) is 0 Å². The molecule has 1 nitrogen and oxygen atoms in total. The number of carbonyl (C=O) groups is 1. The monoisotopic (exact) mass is 272 g/mol. The molecule has 2 heteroatoms. The van der Waals surface area contributed by atoms with Gasteiger partial charge < -0.3 is 0 Å². The quantitative estimate of drug-likeness (QED) is 0.711. The third-order valence-corrected chi connectivity index (χ3v) is 3.51. The van der Waals surface area contributed by atoms with Crippen LogP contribution in [0.25, 0.3) is 0 Å². The molecule has 2 aromatic rings. The van der Waals surface area contributed by atoms with Gasteiger partial charge in [0.2, 0.25) is 0 Å². The highest BCUT2D eigenvalue weighted by Gasteiger charge is 2.06. The van der Waals surface area contributed by atoms with E-state index in [4.69, 9.17) is 11.6 Å². The molecule has 0 amide bonds. The van der Waals surface area contributed by atoms with Crippen LogP contribution in [0.2, 0.25) is 5.02 Å². The van der Waals surface area contributed by atoms with E-state index < -0.39 is 0 Å². The van der Waals surface area contributed by atoms with Crippen molar-refractivity contribution in [1.82, 2.24) is 0 Å². The summed E-state index contributed by atoms with van der Waals surface area (Å²) in [6.07, 6.45) is 2.24. The third kappa shape index (κ3) is 3.93. The smallest absolute Gasteiger partial charge is 0.162 e. The second-order valence-electron chi connectivity index (χ2n) is 4.74. The lowest BCUT2D eigenvalue weighted by Crippen LogP contribution is -1.99. The molecule has 0 aromatic heterocycles. The number of ketones is 1. The fourth-order valence-electron chi connectivity index (χ4n) is 2.06. The van der Waals surface area contributed by atoms with Crippen molar-refractivity contribution in [2.75, 3.05) is 0 Å². The molecular weight excluding hydrogens is 256 g/mol. The number of benzene rings is 2. The van der Waals surface area contributed by atoms with Crippen molar-refractivity contribution in [3.8, 4) is 0 Å². The summed E-state index contributed by atoms with van der Waals surface area (Å²) >= 11 is 6.18. The van der Waals surface area contributed by atoms with Crippen LogP contribution >= 0.6 is 11.6 Å². The largest absolute Gasteiger partial charge is 0.294 e. The Bertz CT molecular complexity index is 561. The first kappa shape index (κ1) is 13.8. The Morgan fingerprint density at radius 3 is 2.53 bits per heavy atom. The minimum absolute atomic E-state index is 0.198. The van der Waals surface area contributed by atoms with Gasteiger partial charge in [0.25, 0.3) is 0 Å². The van der Waals surface area contributed by atoms with E-state index in [1.165, 1.54) is 0 Å². The molecule has 2 rings (SSSR count). The second kappa shape index (κ2) is 6.53. The van der Waals surface area contributed by atoms with Gasteiger partial charge in [-0.1, -0.05) is 54.1 Å². The van der Waals surface area contributed by atoms with Crippen molar-refractivity contribution in [3.05, 3.63) is 70.2 Å². The summed E-state index contributed by atoms with van der Waals surface area (Å²) < 4.78 is 0. The normalized spacial score (nSPS) is 10.4. The average molecular weight is 273 g/mol. The van der Waals surface area contributed by atoms with E-state index in [0.29, 0.717) is 6.42 Å². The molecule has 0 atom stereocenters. The predicted molar refractivity (Wildman–Crippen MR) is 79.9 cm³/mol. The molecule has 2 aromatic carbocycles. The van der Waals surface area contributed by atoms with E-state index in [1.54, 1.807) is 0 Å². The van der Waals surface area contributed by atoms with Gasteiger partial charge in [0.05, 0.1) is 0 Å². The van der Waals surface area contributed by atoms with Gasteiger partial charge in [-0.25, -0.2) is 0 Å². The van der Waals surface area contributed by atoms with Gasteiger partial charge in [0.1, 0.15) is 0 Å². The van der Waals surface area contributed by atoms with Gasteiger partial charge >= 0.3 is 0 Å². The lowest BCUT2D eigenvalue weighted by molar-refractivity contribution is 0.0980. The maximum atomic E-state index is 11.9. The van der Waals surface area contributed by atoms with Gasteiger partial charge in [0.15, 0.2) is 5.78 Å². The first-order chi connectivity index (χ1) is 9.16. The Hall–Kier alpha value is -1.60. The number of rotatable bonds is 5. The highest BCUT2D eigenvalue weighted by Crippen LogP contribution is 2.20. The van der Waals surface area contributed by atoms with Crippen molar-refractivity contribution < 1.29 is 4.79 Å². The summed E-state index contributed by atoms with van der Waals surface area (Å²) in [5.41, 5.74) is 3.07. The number of Topliss-reactive ketones (excluding diaryl/α,β-unsaturated/α-hetero) is 1. The summed E-state index contributed by atoms with van der Waals surface area (Å²) in [5.74, 6) is 0.198. The van der Waals surface area contributed by atoms with E-state index in [2.05, 4.69) is 6.07 Å². The molecule has 0 N–H and O–H groups in total. The summed E-state index contributed by atoms with van der Waals surface area (Å²) in [7, 11) is 0. The van der Waals surface area contributed by atoms with Crippen molar-refractivity contribution in [1.29, 1.82) is 0 Å². The van der Waals surface area contributed by atoms with E-state index in [9.17, 15) is 4.79 Å². The number of halogens is 1. The van der Waals surface area contributed by atoms with Crippen LogP contribution in [-0.2, 0) is 6.42 Å². The highest BCUT2D eigenvalue weighted by atomic mass is 35.5. The molecule has 0 heterocycles. The fraction of sp³-hybridized carbons (Fsp3) is 0.235. The molecular formula is C17H17ClO. The molecule has 0 fully saturated rings. The molecule has 98 valence electrons. The van der Waals surface area contributed by atoms with Crippen LogP contribution in [0, 0.1) is 6.92 Å². The van der Waals surface area contributed by atoms with Gasteiger partial charge in [-0.2, -0.15) is 0 Å². The van der Waals surface area contributed by atoms with Crippen LogP contribution < -0.4 is 0 Å². The number of aryl methyl sites for hydroxylation is 2. The van der Waals surface area contributed by atoms with Crippen molar-refractivity contribution in [2.45, 2.75) is 26.2 Å². The van der Waals surface area contributed by atoms with Crippen molar-refractivity contribution in [2.24, 2.45) is 0 Å². The van der Waals surface area contributed by atoms with Crippen LogP contribution in [0.5, 0.6) is 0 Å². The third-order valence-electron chi connectivity index (χ3n) is 3.15. The van der Waals surface area contributed by atoms with Crippen LogP contribution in [0.15, 0.2) is 48.5 Å². The molecule has 0 spiro atoms. The van der Waals surface area contributed by atoms with E-state index in [0.717, 1.165) is 34.6 Å². The maximum absolute atomic E-state index is 11.9. The maximum Gasteiger partial charge on any atom is 0.162 e. The highest BCUT2D eigenvalue weighted by molar-refractivity contribution is 6.31. The zero-order valence-corrected chi connectivity index (χ0v) is 11.8. The van der Waals surface area contributed by atoms with Gasteiger partial charge in [-0.3, -0.25) is 4.79 Å². The Labute approximate surface area is 119 Å². The Morgan fingerprint density at radius 2 is 1.84 bits per heavy atom. The van der Waals surface area contributed by atoms with Crippen LogP contribution in [-0.4, -0.2) is 5.78 Å². The molecule has 0 aliphatic heterocycles. The number of hydrogen-bond acceptors (Lipinski definition) is 1. The standard InChI is InChI=1S/C17H17ClO/c1-13-10-11-14(16(18)12-13)8-5-9-17(19)15-6-3-2-4-7-15/h2-4,6-7,10-12H,5,8-9H2,1H3. The second-order valence-corrected chi connectivity index (χ2v) is 5.14. The first-order valence-corrected chi connectivity index (χ1v) is 6.88. The zero-order chi connectivity index (χ0) is 13.7.